The van der Waals surface area contributed by atoms with Gasteiger partial charge in [-0.05, 0) is 24.3 Å². The number of hydrogen-bond donors (Lipinski definition) is 1. The molecule has 2 heterocycles. The van der Waals surface area contributed by atoms with Crippen LogP contribution in [0, 0.1) is 5.82 Å². The highest BCUT2D eigenvalue weighted by Crippen LogP contribution is 2.37. The van der Waals surface area contributed by atoms with Gasteiger partial charge in [-0.2, -0.15) is 0 Å². The molecule has 2 aromatic carbocycles. The van der Waals surface area contributed by atoms with Crippen LogP contribution in [-0.4, -0.2) is 12.5 Å². The smallest absolute Gasteiger partial charge is 0.263 e. The van der Waals surface area contributed by atoms with Crippen molar-refractivity contribution in [1.82, 2.24) is 5.32 Å². The van der Waals surface area contributed by atoms with Gasteiger partial charge in [-0.1, -0.05) is 29.8 Å². The molecule has 0 radical (unpaired) electrons. The van der Waals surface area contributed by atoms with Crippen molar-refractivity contribution in [1.29, 1.82) is 0 Å². The number of benzene rings is 2. The summed E-state index contributed by atoms with van der Waals surface area (Å²) in [5.74, 6) is 0.201. The quantitative estimate of drug-likeness (QED) is 0.701. The number of nitrogens with one attached hydrogen (secondary N) is 1. The van der Waals surface area contributed by atoms with Gasteiger partial charge in [0.1, 0.15) is 16.4 Å². The first kappa shape index (κ1) is 15.4. The molecule has 0 aliphatic carbocycles. The fourth-order valence-corrected chi connectivity index (χ4v) is 4.35. The van der Waals surface area contributed by atoms with Gasteiger partial charge >= 0.3 is 0 Å². The molecule has 1 atom stereocenters. The Morgan fingerprint density at radius 2 is 2.12 bits per heavy atom. The molecule has 6 heteroatoms. The third-order valence-electron chi connectivity index (χ3n) is 4.06. The second kappa shape index (κ2) is 6.07. The molecule has 1 aromatic heterocycles. The fraction of sp³-hybridized carbons (Fsp3) is 0.167. The van der Waals surface area contributed by atoms with E-state index < -0.39 is 0 Å². The minimum Gasteiger partial charge on any atom is -0.493 e. The van der Waals surface area contributed by atoms with E-state index in [1.54, 1.807) is 6.07 Å². The van der Waals surface area contributed by atoms with Gasteiger partial charge in [-0.15, -0.1) is 11.3 Å². The van der Waals surface area contributed by atoms with E-state index >= 15 is 0 Å². The lowest BCUT2D eigenvalue weighted by atomic mass is 10.0. The molecule has 3 aromatic rings. The van der Waals surface area contributed by atoms with E-state index in [0.29, 0.717) is 33.0 Å². The van der Waals surface area contributed by atoms with Crippen molar-refractivity contribution in [3.63, 3.8) is 0 Å². The van der Waals surface area contributed by atoms with Crippen LogP contribution in [-0.2, 0) is 0 Å². The summed E-state index contributed by atoms with van der Waals surface area (Å²) in [5, 5.41) is 4.08. The zero-order valence-corrected chi connectivity index (χ0v) is 14.1. The van der Waals surface area contributed by atoms with Gasteiger partial charge in [-0.3, -0.25) is 4.79 Å². The predicted molar refractivity (Wildman–Crippen MR) is 93.6 cm³/mol. The minimum absolute atomic E-state index is 0.125. The largest absolute Gasteiger partial charge is 0.493 e. The van der Waals surface area contributed by atoms with Gasteiger partial charge in [0.25, 0.3) is 5.91 Å². The van der Waals surface area contributed by atoms with E-state index in [9.17, 15) is 9.18 Å². The summed E-state index contributed by atoms with van der Waals surface area (Å²) in [5.41, 5.74) is 0.959. The Balaban J connectivity index is 1.65. The molecule has 1 amide bonds. The maximum absolute atomic E-state index is 13.4. The van der Waals surface area contributed by atoms with Crippen molar-refractivity contribution in [3.8, 4) is 5.75 Å². The SMILES string of the molecule is O=C(N[C@H]1CCOc2ccccc21)c1sc2cc(F)ccc2c1Cl. The molecule has 0 saturated carbocycles. The summed E-state index contributed by atoms with van der Waals surface area (Å²) in [6.07, 6.45) is 0.694. The molecule has 0 unspecified atom stereocenters. The van der Waals surface area contributed by atoms with Gasteiger partial charge < -0.3 is 10.1 Å². The average Bonchev–Trinajstić information content (AvgIpc) is 2.91. The Labute approximate surface area is 147 Å². The fourth-order valence-electron chi connectivity index (χ4n) is 2.90. The normalized spacial score (nSPS) is 16.5. The summed E-state index contributed by atoms with van der Waals surface area (Å²) >= 11 is 7.53. The van der Waals surface area contributed by atoms with Crippen LogP contribution in [0.2, 0.25) is 5.02 Å². The van der Waals surface area contributed by atoms with Crippen LogP contribution < -0.4 is 10.1 Å². The number of hydrogen-bond acceptors (Lipinski definition) is 3. The number of halogens is 2. The Hall–Kier alpha value is -2.11. The monoisotopic (exact) mass is 361 g/mol. The summed E-state index contributed by atoms with van der Waals surface area (Å²) in [6.45, 7) is 0.549. The number of fused-ring (bicyclic) bond motifs is 2. The zero-order chi connectivity index (χ0) is 16.7. The molecule has 4 rings (SSSR count). The van der Waals surface area contributed by atoms with E-state index in [1.165, 1.54) is 23.5 Å². The van der Waals surface area contributed by atoms with Crippen molar-refractivity contribution in [2.24, 2.45) is 0 Å². The van der Waals surface area contributed by atoms with Crippen LogP contribution in [0.15, 0.2) is 42.5 Å². The molecule has 3 nitrogen and oxygen atoms in total. The van der Waals surface area contributed by atoms with Crippen LogP contribution in [0.3, 0.4) is 0 Å². The lowest BCUT2D eigenvalue weighted by molar-refractivity contribution is 0.0929. The van der Waals surface area contributed by atoms with Gasteiger partial charge in [0.2, 0.25) is 0 Å². The molecule has 0 spiro atoms. The molecule has 24 heavy (non-hydrogen) atoms. The zero-order valence-electron chi connectivity index (χ0n) is 12.5. The summed E-state index contributed by atoms with van der Waals surface area (Å²) < 4.78 is 19.6. The average molecular weight is 362 g/mol. The lowest BCUT2D eigenvalue weighted by Gasteiger charge is -2.26. The summed E-state index contributed by atoms with van der Waals surface area (Å²) in [6, 6.07) is 11.9. The highest BCUT2D eigenvalue weighted by atomic mass is 35.5. The standard InChI is InChI=1S/C18H13ClFNO2S/c19-16-12-6-5-10(20)9-15(12)24-17(16)18(22)21-13-7-8-23-14-4-2-1-3-11(13)14/h1-6,9,13H,7-8H2,(H,21,22)/t13-/m0/s1. The van der Waals surface area contributed by atoms with Gasteiger partial charge in [0.05, 0.1) is 17.7 Å². The van der Waals surface area contributed by atoms with Crippen molar-refractivity contribution < 1.29 is 13.9 Å². The number of thiophene rings is 1. The molecular weight excluding hydrogens is 349 g/mol. The third kappa shape index (κ3) is 2.64. The van der Waals surface area contributed by atoms with E-state index in [0.717, 1.165) is 11.3 Å². The summed E-state index contributed by atoms with van der Waals surface area (Å²) in [7, 11) is 0. The highest BCUT2D eigenvalue weighted by molar-refractivity contribution is 7.21. The number of para-hydroxylation sites is 1. The molecule has 122 valence electrons. The number of amides is 1. The molecule has 1 aliphatic rings. The van der Waals surface area contributed by atoms with E-state index in [4.69, 9.17) is 16.3 Å². The molecule has 1 aliphatic heterocycles. The van der Waals surface area contributed by atoms with Crippen LogP contribution in [0.1, 0.15) is 27.7 Å². The van der Waals surface area contributed by atoms with Gasteiger partial charge in [-0.25, -0.2) is 4.39 Å². The molecule has 0 bridgehead atoms. The predicted octanol–water partition coefficient (Wildman–Crippen LogP) is 4.95. The van der Waals surface area contributed by atoms with Crippen LogP contribution in [0.5, 0.6) is 5.75 Å². The lowest BCUT2D eigenvalue weighted by Crippen LogP contribution is -2.31. The number of ether oxygens (including phenoxy) is 1. The van der Waals surface area contributed by atoms with E-state index in [-0.39, 0.29) is 17.8 Å². The Kier molecular flexibility index (Phi) is 3.90. The maximum atomic E-state index is 13.4. The van der Waals surface area contributed by atoms with Crippen molar-refractivity contribution in [2.75, 3.05) is 6.61 Å². The summed E-state index contributed by atoms with van der Waals surface area (Å²) in [4.78, 5) is 13.1. The highest BCUT2D eigenvalue weighted by Gasteiger charge is 2.25. The molecular formula is C18H13ClFNO2S. The van der Waals surface area contributed by atoms with E-state index in [2.05, 4.69) is 5.32 Å². The first-order valence-electron chi connectivity index (χ1n) is 7.53. The van der Waals surface area contributed by atoms with Crippen LogP contribution >= 0.6 is 22.9 Å². The Bertz CT molecular complexity index is 940. The Morgan fingerprint density at radius 1 is 1.29 bits per heavy atom. The van der Waals surface area contributed by atoms with Gasteiger partial charge in [0.15, 0.2) is 0 Å². The van der Waals surface area contributed by atoms with Crippen molar-refractivity contribution in [3.05, 3.63) is 63.7 Å². The van der Waals surface area contributed by atoms with Crippen molar-refractivity contribution >= 4 is 38.9 Å². The van der Waals surface area contributed by atoms with Crippen molar-refractivity contribution in [2.45, 2.75) is 12.5 Å². The first-order valence-corrected chi connectivity index (χ1v) is 8.73. The first-order chi connectivity index (χ1) is 11.6. The second-order valence-corrected chi connectivity index (χ2v) is 7.02. The minimum atomic E-state index is -0.342. The van der Waals surface area contributed by atoms with Crippen LogP contribution in [0.4, 0.5) is 4.39 Å². The number of rotatable bonds is 2. The van der Waals surface area contributed by atoms with Crippen LogP contribution in [0.25, 0.3) is 10.1 Å². The van der Waals surface area contributed by atoms with Gasteiger partial charge in [0, 0.05) is 22.1 Å². The maximum Gasteiger partial charge on any atom is 0.263 e. The molecule has 0 saturated heterocycles. The Morgan fingerprint density at radius 3 is 3.00 bits per heavy atom. The van der Waals surface area contributed by atoms with E-state index in [1.807, 2.05) is 24.3 Å². The molecule has 1 N–H and O–H groups in total. The second-order valence-electron chi connectivity index (χ2n) is 5.59. The number of carbonyl (C=O) groups excluding carboxylic acids is 1. The topological polar surface area (TPSA) is 38.3 Å². The number of carbonyl (C=O) groups is 1. The molecule has 0 fully saturated rings. The third-order valence-corrected chi connectivity index (χ3v) is 5.72.